The SMILES string of the molecule is Cc1c(-c2cc(-c3cnn(C)c3C)n(Cc3ccccn3)n2)cnn1C. The van der Waals surface area contributed by atoms with Crippen molar-refractivity contribution >= 4 is 0 Å². The molecule has 0 aliphatic heterocycles. The summed E-state index contributed by atoms with van der Waals surface area (Å²) in [4.78, 5) is 4.44. The summed E-state index contributed by atoms with van der Waals surface area (Å²) in [7, 11) is 3.89. The predicted molar refractivity (Wildman–Crippen MR) is 99.4 cm³/mol. The minimum absolute atomic E-state index is 0.601. The molecule has 0 N–H and O–H groups in total. The Morgan fingerprint density at radius 1 is 0.923 bits per heavy atom. The zero-order valence-corrected chi connectivity index (χ0v) is 15.4. The van der Waals surface area contributed by atoms with E-state index in [-0.39, 0.29) is 0 Å². The zero-order chi connectivity index (χ0) is 18.3. The summed E-state index contributed by atoms with van der Waals surface area (Å²) in [5.74, 6) is 0. The van der Waals surface area contributed by atoms with E-state index in [4.69, 9.17) is 5.10 Å². The normalized spacial score (nSPS) is 11.2. The van der Waals surface area contributed by atoms with Crippen LogP contribution in [0.5, 0.6) is 0 Å². The van der Waals surface area contributed by atoms with Gasteiger partial charge in [-0.2, -0.15) is 15.3 Å². The molecule has 7 heteroatoms. The van der Waals surface area contributed by atoms with Gasteiger partial charge in [0.15, 0.2) is 0 Å². The van der Waals surface area contributed by atoms with E-state index in [1.54, 1.807) is 6.20 Å². The van der Waals surface area contributed by atoms with E-state index < -0.39 is 0 Å². The van der Waals surface area contributed by atoms with Gasteiger partial charge in [0.2, 0.25) is 0 Å². The van der Waals surface area contributed by atoms with E-state index in [0.717, 1.165) is 39.6 Å². The molecule has 0 spiro atoms. The smallest absolute Gasteiger partial charge is 0.0964 e. The molecule has 0 aliphatic carbocycles. The van der Waals surface area contributed by atoms with Crippen molar-refractivity contribution in [2.24, 2.45) is 14.1 Å². The fourth-order valence-electron chi connectivity index (χ4n) is 3.03. The number of aromatic nitrogens is 7. The van der Waals surface area contributed by atoms with Crippen LogP contribution in [0.1, 0.15) is 17.1 Å². The molecule has 0 aromatic carbocycles. The third kappa shape index (κ3) is 2.71. The highest BCUT2D eigenvalue weighted by molar-refractivity contribution is 5.70. The average molecular weight is 347 g/mol. The zero-order valence-electron chi connectivity index (χ0n) is 15.4. The van der Waals surface area contributed by atoms with Gasteiger partial charge >= 0.3 is 0 Å². The molecule has 0 saturated heterocycles. The quantitative estimate of drug-likeness (QED) is 0.569. The van der Waals surface area contributed by atoms with Crippen LogP contribution >= 0.6 is 0 Å². The Hall–Kier alpha value is -3.22. The Kier molecular flexibility index (Phi) is 3.91. The third-order valence-corrected chi connectivity index (χ3v) is 4.84. The summed E-state index contributed by atoms with van der Waals surface area (Å²) >= 11 is 0. The molecule has 7 nitrogen and oxygen atoms in total. The van der Waals surface area contributed by atoms with Gasteiger partial charge in [0.25, 0.3) is 0 Å². The van der Waals surface area contributed by atoms with Crippen molar-refractivity contribution < 1.29 is 0 Å². The van der Waals surface area contributed by atoms with Crippen LogP contribution in [0.4, 0.5) is 0 Å². The highest BCUT2D eigenvalue weighted by Gasteiger charge is 2.18. The van der Waals surface area contributed by atoms with E-state index in [1.165, 1.54) is 0 Å². The van der Waals surface area contributed by atoms with E-state index >= 15 is 0 Å². The summed E-state index contributed by atoms with van der Waals surface area (Å²) in [5, 5.41) is 13.6. The van der Waals surface area contributed by atoms with Crippen LogP contribution in [0.3, 0.4) is 0 Å². The monoisotopic (exact) mass is 347 g/mol. The van der Waals surface area contributed by atoms with Gasteiger partial charge in [-0.3, -0.25) is 19.0 Å². The maximum atomic E-state index is 4.86. The molecule has 0 fully saturated rings. The molecule has 0 unspecified atom stereocenters. The number of nitrogens with zero attached hydrogens (tertiary/aromatic N) is 7. The molecule has 0 saturated carbocycles. The average Bonchev–Trinajstić information content (AvgIpc) is 3.29. The number of hydrogen-bond donors (Lipinski definition) is 0. The molecule has 4 heterocycles. The topological polar surface area (TPSA) is 66.3 Å². The first kappa shape index (κ1) is 16.3. The molecule has 4 aromatic rings. The van der Waals surface area contributed by atoms with Crippen molar-refractivity contribution in [1.29, 1.82) is 0 Å². The summed E-state index contributed by atoms with van der Waals surface area (Å²) in [6.45, 7) is 4.72. The second-order valence-corrected chi connectivity index (χ2v) is 6.43. The highest BCUT2D eigenvalue weighted by Crippen LogP contribution is 2.29. The predicted octanol–water partition coefficient (Wildman–Crippen LogP) is 2.74. The molecule has 132 valence electrons. The molecular formula is C19H21N7. The van der Waals surface area contributed by atoms with Crippen LogP contribution in [0.25, 0.3) is 22.5 Å². The van der Waals surface area contributed by atoms with Gasteiger partial charge in [0.1, 0.15) is 0 Å². The van der Waals surface area contributed by atoms with Crippen LogP contribution in [0.2, 0.25) is 0 Å². The fraction of sp³-hybridized carbons (Fsp3) is 0.263. The Morgan fingerprint density at radius 3 is 2.19 bits per heavy atom. The highest BCUT2D eigenvalue weighted by atomic mass is 15.3. The van der Waals surface area contributed by atoms with Crippen LogP contribution in [0, 0.1) is 13.8 Å². The van der Waals surface area contributed by atoms with Crippen molar-refractivity contribution in [3.05, 3.63) is 59.9 Å². The molecule has 0 radical (unpaired) electrons. The minimum Gasteiger partial charge on any atom is -0.272 e. The molecule has 0 amide bonds. The first-order chi connectivity index (χ1) is 12.5. The number of hydrogen-bond acceptors (Lipinski definition) is 4. The summed E-state index contributed by atoms with van der Waals surface area (Å²) in [6.07, 6.45) is 5.56. The van der Waals surface area contributed by atoms with E-state index in [1.807, 2.05) is 58.7 Å². The Bertz CT molecular complexity index is 1050. The molecule has 4 aromatic heterocycles. The van der Waals surface area contributed by atoms with Crippen LogP contribution in [-0.2, 0) is 20.6 Å². The van der Waals surface area contributed by atoms with Crippen molar-refractivity contribution in [3.63, 3.8) is 0 Å². The molecule has 0 bridgehead atoms. The van der Waals surface area contributed by atoms with E-state index in [2.05, 4.69) is 35.1 Å². The van der Waals surface area contributed by atoms with Gasteiger partial charge in [-0.05, 0) is 32.0 Å². The van der Waals surface area contributed by atoms with Crippen molar-refractivity contribution in [2.75, 3.05) is 0 Å². The third-order valence-electron chi connectivity index (χ3n) is 4.84. The minimum atomic E-state index is 0.601. The second kappa shape index (κ2) is 6.25. The van der Waals surface area contributed by atoms with Crippen LogP contribution < -0.4 is 0 Å². The maximum absolute atomic E-state index is 4.86. The summed E-state index contributed by atoms with van der Waals surface area (Å²) in [5.41, 5.74) is 7.19. The van der Waals surface area contributed by atoms with Gasteiger partial charge in [-0.1, -0.05) is 6.07 Å². The summed E-state index contributed by atoms with van der Waals surface area (Å²) in [6, 6.07) is 8.03. The molecule has 0 atom stereocenters. The molecule has 0 aliphatic rings. The van der Waals surface area contributed by atoms with Crippen molar-refractivity contribution in [2.45, 2.75) is 20.4 Å². The number of rotatable bonds is 4. The van der Waals surface area contributed by atoms with Gasteiger partial charge in [-0.15, -0.1) is 0 Å². The molecular weight excluding hydrogens is 326 g/mol. The van der Waals surface area contributed by atoms with Crippen molar-refractivity contribution in [1.82, 2.24) is 34.3 Å². The van der Waals surface area contributed by atoms with E-state index in [0.29, 0.717) is 6.54 Å². The lowest BCUT2D eigenvalue weighted by molar-refractivity contribution is 0.681. The van der Waals surface area contributed by atoms with Gasteiger partial charge in [-0.25, -0.2) is 0 Å². The van der Waals surface area contributed by atoms with Crippen molar-refractivity contribution in [3.8, 4) is 22.5 Å². The lowest BCUT2D eigenvalue weighted by Crippen LogP contribution is -2.05. The van der Waals surface area contributed by atoms with Crippen LogP contribution in [0.15, 0.2) is 42.9 Å². The lowest BCUT2D eigenvalue weighted by Gasteiger charge is -2.06. The maximum Gasteiger partial charge on any atom is 0.0964 e. The van der Waals surface area contributed by atoms with Gasteiger partial charge in [0, 0.05) is 42.8 Å². The first-order valence-corrected chi connectivity index (χ1v) is 8.50. The van der Waals surface area contributed by atoms with Crippen LogP contribution in [-0.4, -0.2) is 34.3 Å². The first-order valence-electron chi connectivity index (χ1n) is 8.50. The largest absolute Gasteiger partial charge is 0.272 e. The second-order valence-electron chi connectivity index (χ2n) is 6.43. The fourth-order valence-corrected chi connectivity index (χ4v) is 3.03. The Balaban J connectivity index is 1.85. The summed E-state index contributed by atoms with van der Waals surface area (Å²) < 4.78 is 5.73. The molecule has 26 heavy (non-hydrogen) atoms. The molecule has 4 rings (SSSR count). The standard InChI is InChI=1S/C19H21N7/c1-13-16(10-21-24(13)3)18-9-19(17-11-22-25(4)14(17)2)26(23-18)12-15-7-5-6-8-20-15/h5-11H,12H2,1-4H3. The number of aryl methyl sites for hydroxylation is 2. The van der Waals surface area contributed by atoms with Gasteiger partial charge in [0.05, 0.1) is 36.0 Å². The van der Waals surface area contributed by atoms with Gasteiger partial charge < -0.3 is 0 Å². The van der Waals surface area contributed by atoms with E-state index in [9.17, 15) is 0 Å². The number of pyridine rings is 1. The lowest BCUT2D eigenvalue weighted by atomic mass is 10.1. The Morgan fingerprint density at radius 2 is 1.62 bits per heavy atom. The Labute approximate surface area is 151 Å².